The minimum atomic E-state index is -1.33. The molecule has 2 unspecified atom stereocenters. The lowest BCUT2D eigenvalue weighted by Crippen LogP contribution is -2.24. The molecule has 0 aliphatic carbocycles. The molecule has 2 atom stereocenters. The van der Waals surface area contributed by atoms with Crippen LogP contribution in [0.4, 0.5) is 5.69 Å². The Bertz CT molecular complexity index is 474. The van der Waals surface area contributed by atoms with E-state index in [1.165, 1.54) is 6.07 Å². The highest BCUT2D eigenvalue weighted by molar-refractivity contribution is 5.93. The van der Waals surface area contributed by atoms with Crippen LogP contribution in [0.2, 0.25) is 0 Å². The summed E-state index contributed by atoms with van der Waals surface area (Å²) in [5.74, 6) is -0.841. The number of nitrogens with two attached hydrogens (primary N) is 1. The number of nitrogens with one attached hydrogen (secondary N) is 1. The molecule has 8 nitrogen and oxygen atoms in total. The second-order valence-corrected chi connectivity index (χ2v) is 4.34. The number of hydrogen-bond acceptors (Lipinski definition) is 6. The summed E-state index contributed by atoms with van der Waals surface area (Å²) in [5, 5.41) is 33.4. The Kier molecular flexibility index (Phi) is 5.56. The first kappa shape index (κ1) is 16.0. The molecule has 5 N–H and O–H groups in total. The van der Waals surface area contributed by atoms with Gasteiger partial charge in [-0.05, 0) is 31.6 Å². The predicted molar refractivity (Wildman–Crippen MR) is 71.1 cm³/mol. The SMILES string of the molecule is CNCCC(O)C(O)c1cc(C(N)=O)cc([N+](=O)[O-])c1. The minimum absolute atomic E-state index is 0.0802. The highest BCUT2D eigenvalue weighted by Crippen LogP contribution is 2.25. The Balaban J connectivity index is 3.09. The standard InChI is InChI=1S/C12H17N3O5/c1-14-3-2-10(16)11(17)7-4-8(12(13)18)6-9(5-7)15(19)20/h4-6,10-11,14,16-17H,2-3H2,1H3,(H2,13,18). The molecule has 0 aliphatic heterocycles. The van der Waals surface area contributed by atoms with Crippen LogP contribution in [0.3, 0.4) is 0 Å². The molecule has 8 heteroatoms. The number of nitro groups is 1. The van der Waals surface area contributed by atoms with E-state index in [0.29, 0.717) is 6.54 Å². The first-order valence-electron chi connectivity index (χ1n) is 5.96. The highest BCUT2D eigenvalue weighted by atomic mass is 16.6. The lowest BCUT2D eigenvalue weighted by Gasteiger charge is -2.18. The van der Waals surface area contributed by atoms with Gasteiger partial charge >= 0.3 is 0 Å². The van der Waals surface area contributed by atoms with E-state index >= 15 is 0 Å². The smallest absolute Gasteiger partial charge is 0.270 e. The number of hydrogen-bond donors (Lipinski definition) is 4. The van der Waals surface area contributed by atoms with Crippen molar-refractivity contribution in [1.82, 2.24) is 5.32 Å². The van der Waals surface area contributed by atoms with E-state index in [-0.39, 0.29) is 23.2 Å². The fraction of sp³-hybridized carbons (Fsp3) is 0.417. The van der Waals surface area contributed by atoms with Gasteiger partial charge in [-0.3, -0.25) is 14.9 Å². The molecule has 0 saturated carbocycles. The first-order valence-corrected chi connectivity index (χ1v) is 5.96. The van der Waals surface area contributed by atoms with Gasteiger partial charge in [0, 0.05) is 17.7 Å². The van der Waals surface area contributed by atoms with Crippen molar-refractivity contribution in [2.75, 3.05) is 13.6 Å². The Morgan fingerprint density at radius 3 is 2.60 bits per heavy atom. The summed E-state index contributed by atoms with van der Waals surface area (Å²) in [5.41, 5.74) is 4.72. The van der Waals surface area contributed by atoms with E-state index in [1.54, 1.807) is 7.05 Å². The average molecular weight is 283 g/mol. The molecule has 0 aliphatic rings. The Morgan fingerprint density at radius 2 is 2.10 bits per heavy atom. The molecule has 0 radical (unpaired) electrons. The van der Waals surface area contributed by atoms with Gasteiger partial charge in [0.2, 0.25) is 5.91 Å². The fourth-order valence-electron chi connectivity index (χ4n) is 1.73. The van der Waals surface area contributed by atoms with Crippen molar-refractivity contribution in [3.05, 3.63) is 39.4 Å². The molecule has 0 saturated heterocycles. The van der Waals surface area contributed by atoms with Crippen LogP contribution in [-0.4, -0.2) is 40.7 Å². The predicted octanol–water partition coefficient (Wildman–Crippen LogP) is -0.302. The third-order valence-electron chi connectivity index (χ3n) is 2.83. The van der Waals surface area contributed by atoms with E-state index in [1.807, 2.05) is 0 Å². The molecule has 0 spiro atoms. The number of carbonyl (C=O) groups is 1. The summed E-state index contributed by atoms with van der Waals surface area (Å²) in [6.07, 6.45) is -2.18. The van der Waals surface area contributed by atoms with Gasteiger partial charge in [0.05, 0.1) is 11.0 Å². The Hall–Kier alpha value is -2.03. The number of non-ortho nitro benzene ring substituents is 1. The molecular weight excluding hydrogens is 266 g/mol. The van der Waals surface area contributed by atoms with Gasteiger partial charge in [0.1, 0.15) is 6.10 Å². The second kappa shape index (κ2) is 6.94. The minimum Gasteiger partial charge on any atom is -0.390 e. The van der Waals surface area contributed by atoms with Gasteiger partial charge in [-0.25, -0.2) is 0 Å². The molecule has 110 valence electrons. The van der Waals surface area contributed by atoms with Crippen LogP contribution in [-0.2, 0) is 0 Å². The maximum absolute atomic E-state index is 11.1. The van der Waals surface area contributed by atoms with Crippen molar-refractivity contribution >= 4 is 11.6 Å². The van der Waals surface area contributed by atoms with Gasteiger partial charge in [0.25, 0.3) is 5.69 Å². The van der Waals surface area contributed by atoms with E-state index in [9.17, 15) is 25.1 Å². The zero-order chi connectivity index (χ0) is 15.3. The number of primary amides is 1. The zero-order valence-electron chi connectivity index (χ0n) is 10.9. The molecule has 0 heterocycles. The van der Waals surface area contributed by atoms with Crippen molar-refractivity contribution in [3.63, 3.8) is 0 Å². The topological polar surface area (TPSA) is 139 Å². The summed E-state index contributed by atoms with van der Waals surface area (Å²) in [7, 11) is 1.69. The van der Waals surface area contributed by atoms with Crippen LogP contribution in [0.25, 0.3) is 0 Å². The normalized spacial score (nSPS) is 13.8. The molecule has 0 bridgehead atoms. The fourth-order valence-corrected chi connectivity index (χ4v) is 1.73. The maximum atomic E-state index is 11.1. The summed E-state index contributed by atoms with van der Waals surface area (Å²) in [6.45, 7) is 0.468. The van der Waals surface area contributed by atoms with Gasteiger partial charge in [-0.15, -0.1) is 0 Å². The molecule has 1 rings (SSSR count). The molecular formula is C12H17N3O5. The summed E-state index contributed by atoms with van der Waals surface area (Å²) in [4.78, 5) is 21.2. The third-order valence-corrected chi connectivity index (χ3v) is 2.83. The average Bonchev–Trinajstić information content (AvgIpc) is 2.43. The van der Waals surface area contributed by atoms with Gasteiger partial charge in [-0.1, -0.05) is 0 Å². The Morgan fingerprint density at radius 1 is 1.45 bits per heavy atom. The molecule has 1 aromatic carbocycles. The van der Waals surface area contributed by atoms with Gasteiger partial charge in [-0.2, -0.15) is 0 Å². The molecule has 1 amide bonds. The van der Waals surface area contributed by atoms with Crippen LogP contribution in [0.5, 0.6) is 0 Å². The molecule has 0 aromatic heterocycles. The van der Waals surface area contributed by atoms with Gasteiger partial charge in [0.15, 0.2) is 0 Å². The number of nitro benzene ring substituents is 1. The van der Waals surface area contributed by atoms with Crippen molar-refractivity contribution in [2.24, 2.45) is 5.73 Å². The summed E-state index contributed by atoms with van der Waals surface area (Å²) >= 11 is 0. The van der Waals surface area contributed by atoms with Crippen molar-refractivity contribution < 1.29 is 19.9 Å². The number of carbonyl (C=O) groups excluding carboxylic acids is 1. The van der Waals surface area contributed by atoms with E-state index in [4.69, 9.17) is 5.73 Å². The largest absolute Gasteiger partial charge is 0.390 e. The second-order valence-electron chi connectivity index (χ2n) is 4.34. The number of aliphatic hydroxyl groups excluding tert-OH is 2. The number of amides is 1. The Labute approximate surface area is 115 Å². The quantitative estimate of drug-likeness (QED) is 0.400. The summed E-state index contributed by atoms with van der Waals surface area (Å²) < 4.78 is 0. The van der Waals surface area contributed by atoms with Crippen LogP contribution in [0.15, 0.2) is 18.2 Å². The third kappa shape index (κ3) is 3.98. The number of aliphatic hydroxyl groups is 2. The zero-order valence-corrected chi connectivity index (χ0v) is 10.9. The van der Waals surface area contributed by atoms with Crippen molar-refractivity contribution in [1.29, 1.82) is 0 Å². The van der Waals surface area contributed by atoms with Crippen molar-refractivity contribution in [2.45, 2.75) is 18.6 Å². The molecule has 20 heavy (non-hydrogen) atoms. The highest BCUT2D eigenvalue weighted by Gasteiger charge is 2.22. The molecule has 0 fully saturated rings. The van der Waals surface area contributed by atoms with E-state index < -0.39 is 23.0 Å². The first-order chi connectivity index (χ1) is 9.36. The maximum Gasteiger partial charge on any atom is 0.270 e. The van der Waals surface area contributed by atoms with E-state index in [0.717, 1.165) is 12.1 Å². The lowest BCUT2D eigenvalue weighted by atomic mass is 9.99. The van der Waals surface area contributed by atoms with E-state index in [2.05, 4.69) is 5.32 Å². The van der Waals surface area contributed by atoms with Crippen molar-refractivity contribution in [3.8, 4) is 0 Å². The van der Waals surface area contributed by atoms with Crippen LogP contribution < -0.4 is 11.1 Å². The number of nitrogens with zero attached hydrogens (tertiary/aromatic N) is 1. The summed E-state index contributed by atoms with van der Waals surface area (Å²) in [6, 6.07) is 3.38. The number of rotatable bonds is 7. The lowest BCUT2D eigenvalue weighted by molar-refractivity contribution is -0.385. The van der Waals surface area contributed by atoms with Crippen LogP contribution >= 0.6 is 0 Å². The van der Waals surface area contributed by atoms with Crippen LogP contribution in [0.1, 0.15) is 28.4 Å². The number of benzene rings is 1. The monoisotopic (exact) mass is 283 g/mol. The van der Waals surface area contributed by atoms with Gasteiger partial charge < -0.3 is 21.3 Å². The van der Waals surface area contributed by atoms with Crippen LogP contribution in [0, 0.1) is 10.1 Å². The molecule has 1 aromatic rings.